The van der Waals surface area contributed by atoms with Gasteiger partial charge in [0, 0.05) is 4.47 Å². The molecule has 2 aromatic carbocycles. The van der Waals surface area contributed by atoms with Crippen molar-refractivity contribution in [3.8, 4) is 11.4 Å². The van der Waals surface area contributed by atoms with Gasteiger partial charge in [-0.25, -0.2) is 9.37 Å². The number of rotatable bonds is 3. The minimum Gasteiger partial charge on any atom is -0.494 e. The van der Waals surface area contributed by atoms with Gasteiger partial charge in [0.2, 0.25) is 0 Å². The topological polar surface area (TPSA) is 27.1 Å². The third-order valence-electron chi connectivity index (χ3n) is 3.21. The second kappa shape index (κ2) is 5.66. The van der Waals surface area contributed by atoms with Crippen LogP contribution in [0.2, 0.25) is 0 Å². The van der Waals surface area contributed by atoms with Gasteiger partial charge in [-0.3, -0.25) is 4.57 Å². The average molecular weight is 370 g/mol. The highest BCUT2D eigenvalue weighted by Crippen LogP contribution is 2.30. The first-order valence-corrected chi connectivity index (χ1v) is 7.54. The van der Waals surface area contributed by atoms with Crippen molar-refractivity contribution in [1.82, 2.24) is 9.55 Å². The standard InChI is InChI=1S/C15H11BrClFN2O/c1-21-13-4-2-3-12-15(13)19-14(8-17)20(12)11-6-5-9(16)7-10(11)18/h2-7H,8H2,1H3. The second-order valence-electron chi connectivity index (χ2n) is 4.42. The lowest BCUT2D eigenvalue weighted by molar-refractivity contribution is 0.419. The molecule has 108 valence electrons. The van der Waals surface area contributed by atoms with Crippen molar-refractivity contribution >= 4 is 38.6 Å². The van der Waals surface area contributed by atoms with Crippen LogP contribution in [0, 0.1) is 5.82 Å². The third-order valence-corrected chi connectivity index (χ3v) is 3.94. The number of halogens is 3. The molecule has 21 heavy (non-hydrogen) atoms. The molecule has 1 heterocycles. The molecule has 0 aliphatic rings. The molecule has 0 bridgehead atoms. The van der Waals surface area contributed by atoms with Crippen molar-refractivity contribution in [2.45, 2.75) is 5.88 Å². The van der Waals surface area contributed by atoms with Crippen LogP contribution in [-0.4, -0.2) is 16.7 Å². The number of aromatic nitrogens is 2. The Labute approximate surface area is 134 Å². The van der Waals surface area contributed by atoms with Crippen LogP contribution in [0.25, 0.3) is 16.7 Å². The Morgan fingerprint density at radius 2 is 2.14 bits per heavy atom. The molecular weight excluding hydrogens is 359 g/mol. The number of hydrogen-bond acceptors (Lipinski definition) is 2. The van der Waals surface area contributed by atoms with Crippen LogP contribution >= 0.6 is 27.5 Å². The summed E-state index contributed by atoms with van der Waals surface area (Å²) in [6.07, 6.45) is 0. The van der Waals surface area contributed by atoms with Crippen LogP contribution in [-0.2, 0) is 5.88 Å². The van der Waals surface area contributed by atoms with E-state index in [9.17, 15) is 4.39 Å². The summed E-state index contributed by atoms with van der Waals surface area (Å²) in [5.41, 5.74) is 1.83. The summed E-state index contributed by atoms with van der Waals surface area (Å²) in [5, 5.41) is 0. The fourth-order valence-corrected chi connectivity index (χ4v) is 2.82. The molecule has 0 radical (unpaired) electrons. The van der Waals surface area contributed by atoms with Crippen LogP contribution in [0.1, 0.15) is 5.82 Å². The van der Waals surface area contributed by atoms with Crippen LogP contribution in [0.3, 0.4) is 0 Å². The van der Waals surface area contributed by atoms with Gasteiger partial charge in [0.25, 0.3) is 0 Å². The predicted octanol–water partition coefficient (Wildman–Crippen LogP) is 4.67. The van der Waals surface area contributed by atoms with Gasteiger partial charge in [-0.2, -0.15) is 0 Å². The number of hydrogen-bond donors (Lipinski definition) is 0. The largest absolute Gasteiger partial charge is 0.494 e. The Hall–Kier alpha value is -1.59. The molecule has 0 spiro atoms. The van der Waals surface area contributed by atoms with Gasteiger partial charge in [-0.1, -0.05) is 22.0 Å². The first-order chi connectivity index (χ1) is 10.2. The summed E-state index contributed by atoms with van der Waals surface area (Å²) in [4.78, 5) is 4.47. The first kappa shape index (κ1) is 14.4. The van der Waals surface area contributed by atoms with Crippen molar-refractivity contribution in [3.05, 3.63) is 52.5 Å². The lowest BCUT2D eigenvalue weighted by Gasteiger charge is -2.09. The molecule has 1 aromatic heterocycles. The number of alkyl halides is 1. The lowest BCUT2D eigenvalue weighted by atomic mass is 10.2. The van der Waals surface area contributed by atoms with E-state index < -0.39 is 0 Å². The van der Waals surface area contributed by atoms with Gasteiger partial charge in [-0.15, -0.1) is 11.6 Å². The third kappa shape index (κ3) is 2.40. The average Bonchev–Trinajstić information content (AvgIpc) is 2.85. The molecule has 0 unspecified atom stereocenters. The number of ether oxygens (including phenoxy) is 1. The number of benzene rings is 2. The molecule has 0 N–H and O–H groups in total. The Balaban J connectivity index is 2.35. The highest BCUT2D eigenvalue weighted by Gasteiger charge is 2.17. The number of nitrogens with zero attached hydrogens (tertiary/aromatic N) is 2. The van der Waals surface area contributed by atoms with E-state index in [1.54, 1.807) is 23.8 Å². The zero-order chi connectivity index (χ0) is 15.0. The van der Waals surface area contributed by atoms with E-state index in [4.69, 9.17) is 16.3 Å². The molecule has 3 aromatic rings. The van der Waals surface area contributed by atoms with E-state index in [0.717, 1.165) is 5.52 Å². The Bertz CT molecular complexity index is 819. The normalized spacial score (nSPS) is 11.0. The maximum absolute atomic E-state index is 14.3. The highest BCUT2D eigenvalue weighted by molar-refractivity contribution is 9.10. The predicted molar refractivity (Wildman–Crippen MR) is 84.8 cm³/mol. The van der Waals surface area contributed by atoms with Gasteiger partial charge in [0.15, 0.2) is 0 Å². The van der Waals surface area contributed by atoms with E-state index in [1.807, 2.05) is 18.2 Å². The minimum absolute atomic E-state index is 0.174. The van der Waals surface area contributed by atoms with E-state index in [2.05, 4.69) is 20.9 Å². The smallest absolute Gasteiger partial charge is 0.148 e. The van der Waals surface area contributed by atoms with Gasteiger partial charge in [-0.05, 0) is 30.3 Å². The number of imidazole rings is 1. The summed E-state index contributed by atoms with van der Waals surface area (Å²) in [6.45, 7) is 0. The molecule has 6 heteroatoms. The molecule has 0 amide bonds. The van der Waals surface area contributed by atoms with E-state index in [-0.39, 0.29) is 11.7 Å². The minimum atomic E-state index is -0.349. The number of methoxy groups -OCH3 is 1. The zero-order valence-electron chi connectivity index (χ0n) is 11.1. The quantitative estimate of drug-likeness (QED) is 0.627. The Morgan fingerprint density at radius 3 is 2.81 bits per heavy atom. The molecule has 0 aliphatic carbocycles. The zero-order valence-corrected chi connectivity index (χ0v) is 13.4. The van der Waals surface area contributed by atoms with Crippen molar-refractivity contribution in [3.63, 3.8) is 0 Å². The molecule has 0 saturated heterocycles. The van der Waals surface area contributed by atoms with Gasteiger partial charge < -0.3 is 4.74 Å². The molecule has 3 rings (SSSR count). The summed E-state index contributed by atoms with van der Waals surface area (Å²) >= 11 is 9.23. The Kier molecular flexibility index (Phi) is 3.87. The summed E-state index contributed by atoms with van der Waals surface area (Å²) < 4.78 is 22.0. The van der Waals surface area contributed by atoms with Crippen LogP contribution in [0.5, 0.6) is 5.75 Å². The van der Waals surface area contributed by atoms with Crippen LogP contribution in [0.4, 0.5) is 4.39 Å². The molecule has 0 fully saturated rings. The van der Waals surface area contributed by atoms with Gasteiger partial charge in [0.05, 0.1) is 24.2 Å². The fourth-order valence-electron chi connectivity index (χ4n) is 2.31. The van der Waals surface area contributed by atoms with Crippen molar-refractivity contribution in [2.75, 3.05) is 7.11 Å². The monoisotopic (exact) mass is 368 g/mol. The molecule has 0 aliphatic heterocycles. The summed E-state index contributed by atoms with van der Waals surface area (Å²) in [7, 11) is 1.58. The summed E-state index contributed by atoms with van der Waals surface area (Å²) in [5.74, 6) is 1.03. The molecule has 0 atom stereocenters. The van der Waals surface area contributed by atoms with Crippen molar-refractivity contribution in [1.29, 1.82) is 0 Å². The molecule has 3 nitrogen and oxygen atoms in total. The van der Waals surface area contributed by atoms with E-state index >= 15 is 0 Å². The fraction of sp³-hybridized carbons (Fsp3) is 0.133. The SMILES string of the molecule is COc1cccc2c1nc(CCl)n2-c1ccc(Br)cc1F. The van der Waals surface area contributed by atoms with Crippen molar-refractivity contribution in [2.24, 2.45) is 0 Å². The summed E-state index contributed by atoms with van der Waals surface area (Å²) in [6, 6.07) is 10.4. The molecule has 0 saturated carbocycles. The highest BCUT2D eigenvalue weighted by atomic mass is 79.9. The Morgan fingerprint density at radius 1 is 1.33 bits per heavy atom. The molecular formula is C15H11BrClFN2O. The number of para-hydroxylation sites is 1. The first-order valence-electron chi connectivity index (χ1n) is 6.21. The maximum atomic E-state index is 14.3. The van der Waals surface area contributed by atoms with Crippen LogP contribution < -0.4 is 4.74 Å². The van der Waals surface area contributed by atoms with Crippen molar-refractivity contribution < 1.29 is 9.13 Å². The van der Waals surface area contributed by atoms with Gasteiger partial charge >= 0.3 is 0 Å². The van der Waals surface area contributed by atoms with E-state index in [0.29, 0.717) is 27.3 Å². The second-order valence-corrected chi connectivity index (χ2v) is 5.60. The number of fused-ring (bicyclic) bond motifs is 1. The van der Waals surface area contributed by atoms with E-state index in [1.165, 1.54) is 6.07 Å². The lowest BCUT2D eigenvalue weighted by Crippen LogP contribution is -2.02. The maximum Gasteiger partial charge on any atom is 0.148 e. The van der Waals surface area contributed by atoms with Crippen LogP contribution in [0.15, 0.2) is 40.9 Å². The van der Waals surface area contributed by atoms with Gasteiger partial charge in [0.1, 0.15) is 22.9 Å².